The molecule has 9 heteroatoms. The van der Waals surface area contributed by atoms with Crippen molar-refractivity contribution in [3.63, 3.8) is 0 Å². The van der Waals surface area contributed by atoms with Crippen LogP contribution in [0.15, 0.2) is 36.7 Å². The van der Waals surface area contributed by atoms with Crippen LogP contribution in [-0.2, 0) is 4.79 Å². The van der Waals surface area contributed by atoms with Gasteiger partial charge < -0.3 is 20.1 Å². The van der Waals surface area contributed by atoms with Crippen molar-refractivity contribution in [2.45, 2.75) is 6.42 Å². The molecule has 3 rings (SSSR count). The lowest BCUT2D eigenvalue weighted by molar-refractivity contribution is -0.116. The monoisotopic (exact) mass is 404 g/mol. The fourth-order valence-electron chi connectivity index (χ4n) is 2.64. The molecule has 3 aromatic rings. The van der Waals surface area contributed by atoms with Crippen molar-refractivity contribution in [1.82, 2.24) is 9.97 Å². The van der Waals surface area contributed by atoms with Gasteiger partial charge in [0, 0.05) is 29.4 Å². The first-order chi connectivity index (χ1) is 13.5. The van der Waals surface area contributed by atoms with Crippen LogP contribution >= 0.6 is 11.6 Å². The van der Waals surface area contributed by atoms with Gasteiger partial charge in [0.15, 0.2) is 11.6 Å². The van der Waals surface area contributed by atoms with E-state index in [0.717, 1.165) is 0 Å². The fourth-order valence-corrected chi connectivity index (χ4v) is 2.81. The highest BCUT2D eigenvalue weighted by molar-refractivity contribution is 6.31. The zero-order valence-corrected chi connectivity index (χ0v) is 16.0. The number of benzene rings is 2. The lowest BCUT2D eigenvalue weighted by atomic mass is 10.2. The van der Waals surface area contributed by atoms with Crippen LogP contribution in [0.25, 0.3) is 10.9 Å². The second-order valence-electron chi connectivity index (χ2n) is 5.80. The highest BCUT2D eigenvalue weighted by Crippen LogP contribution is 2.28. The minimum Gasteiger partial charge on any atom is -0.495 e. The van der Waals surface area contributed by atoms with E-state index in [1.807, 2.05) is 0 Å². The molecule has 0 saturated heterocycles. The van der Waals surface area contributed by atoms with Crippen LogP contribution in [0.2, 0.25) is 5.02 Å². The summed E-state index contributed by atoms with van der Waals surface area (Å²) in [6, 6.07) is 7.76. The van der Waals surface area contributed by atoms with Crippen molar-refractivity contribution in [3.8, 4) is 11.5 Å². The van der Waals surface area contributed by atoms with Gasteiger partial charge in [-0.05, 0) is 24.3 Å². The summed E-state index contributed by atoms with van der Waals surface area (Å²) in [5, 5.41) is 6.91. The van der Waals surface area contributed by atoms with Gasteiger partial charge in [0.05, 0.1) is 25.4 Å². The molecule has 0 unspecified atom stereocenters. The molecule has 0 spiro atoms. The molecule has 0 aliphatic rings. The highest BCUT2D eigenvalue weighted by Gasteiger charge is 2.11. The van der Waals surface area contributed by atoms with Gasteiger partial charge in [0.25, 0.3) is 0 Å². The Morgan fingerprint density at radius 3 is 2.68 bits per heavy atom. The van der Waals surface area contributed by atoms with Crippen LogP contribution in [0, 0.1) is 5.82 Å². The zero-order valence-electron chi connectivity index (χ0n) is 15.3. The molecule has 0 aliphatic carbocycles. The van der Waals surface area contributed by atoms with Gasteiger partial charge in [-0.25, -0.2) is 14.4 Å². The molecule has 0 radical (unpaired) electrons. The summed E-state index contributed by atoms with van der Waals surface area (Å²) in [7, 11) is 2.90. The van der Waals surface area contributed by atoms with E-state index in [2.05, 4.69) is 20.6 Å². The molecule has 0 bridgehead atoms. The van der Waals surface area contributed by atoms with Crippen LogP contribution in [0.4, 0.5) is 15.9 Å². The molecule has 2 N–H and O–H groups in total. The largest absolute Gasteiger partial charge is 0.495 e. The molecule has 0 saturated carbocycles. The number of nitrogens with one attached hydrogen (secondary N) is 2. The number of hydrogen-bond donors (Lipinski definition) is 2. The number of anilines is 2. The van der Waals surface area contributed by atoms with Crippen molar-refractivity contribution >= 4 is 39.9 Å². The lowest BCUT2D eigenvalue weighted by Gasteiger charge is -2.12. The van der Waals surface area contributed by atoms with Crippen LogP contribution in [0.5, 0.6) is 11.5 Å². The minimum atomic E-state index is -0.505. The topological polar surface area (TPSA) is 85.4 Å². The van der Waals surface area contributed by atoms with E-state index in [9.17, 15) is 9.18 Å². The van der Waals surface area contributed by atoms with E-state index in [4.69, 9.17) is 21.1 Å². The van der Waals surface area contributed by atoms with Crippen molar-refractivity contribution in [2.75, 3.05) is 31.4 Å². The molecule has 0 fully saturated rings. The van der Waals surface area contributed by atoms with E-state index in [1.54, 1.807) is 18.2 Å². The maximum absolute atomic E-state index is 13.8. The molecule has 146 valence electrons. The van der Waals surface area contributed by atoms with Crippen molar-refractivity contribution < 1.29 is 18.7 Å². The second-order valence-corrected chi connectivity index (χ2v) is 6.23. The summed E-state index contributed by atoms with van der Waals surface area (Å²) >= 11 is 5.96. The molecule has 0 aliphatic heterocycles. The van der Waals surface area contributed by atoms with Crippen molar-refractivity contribution in [1.29, 1.82) is 0 Å². The summed E-state index contributed by atoms with van der Waals surface area (Å²) in [4.78, 5) is 20.5. The number of methoxy groups -OCH3 is 2. The third-order valence-electron chi connectivity index (χ3n) is 3.99. The Morgan fingerprint density at radius 1 is 1.14 bits per heavy atom. The van der Waals surface area contributed by atoms with Crippen LogP contribution in [-0.4, -0.2) is 36.6 Å². The third-order valence-corrected chi connectivity index (χ3v) is 4.22. The average Bonchev–Trinajstić information content (AvgIpc) is 2.67. The Balaban J connectivity index is 1.67. The first-order valence-electron chi connectivity index (χ1n) is 8.37. The summed E-state index contributed by atoms with van der Waals surface area (Å²) in [6.07, 6.45) is 1.49. The standard InChI is InChI=1S/C19H18ClFN4O3/c1-27-16-4-3-11(20)7-15(16)25-18(26)5-6-22-19-12-8-17(28-2)13(21)9-14(12)23-10-24-19/h3-4,7-10H,5-6H2,1-2H3,(H,25,26)(H,22,23,24). The molecule has 0 atom stereocenters. The molecule has 1 aromatic heterocycles. The lowest BCUT2D eigenvalue weighted by Crippen LogP contribution is -2.17. The van der Waals surface area contributed by atoms with Gasteiger partial charge in [0.1, 0.15) is 17.9 Å². The molecule has 7 nitrogen and oxygen atoms in total. The maximum atomic E-state index is 13.8. The highest BCUT2D eigenvalue weighted by atomic mass is 35.5. The number of carbonyl (C=O) groups is 1. The fraction of sp³-hybridized carbons (Fsp3) is 0.211. The van der Waals surface area contributed by atoms with Crippen molar-refractivity contribution in [2.24, 2.45) is 0 Å². The van der Waals surface area contributed by atoms with E-state index >= 15 is 0 Å². The number of amides is 1. The quantitative estimate of drug-likeness (QED) is 0.621. The Bertz CT molecular complexity index is 1020. The van der Waals surface area contributed by atoms with Gasteiger partial charge >= 0.3 is 0 Å². The summed E-state index contributed by atoms with van der Waals surface area (Å²) in [6.45, 7) is 0.306. The second kappa shape index (κ2) is 8.71. The number of hydrogen-bond acceptors (Lipinski definition) is 6. The number of ether oxygens (including phenoxy) is 2. The van der Waals surface area contributed by atoms with Gasteiger partial charge in [-0.3, -0.25) is 4.79 Å². The summed E-state index contributed by atoms with van der Waals surface area (Å²) < 4.78 is 24.0. The van der Waals surface area contributed by atoms with Gasteiger partial charge in [-0.2, -0.15) is 0 Å². The maximum Gasteiger partial charge on any atom is 0.226 e. The molecule has 1 heterocycles. The Hall–Kier alpha value is -3.13. The van der Waals surface area contributed by atoms with Gasteiger partial charge in [-0.1, -0.05) is 11.6 Å². The number of aromatic nitrogens is 2. The Morgan fingerprint density at radius 2 is 1.93 bits per heavy atom. The number of nitrogens with zero attached hydrogens (tertiary/aromatic N) is 2. The van der Waals surface area contributed by atoms with Crippen molar-refractivity contribution in [3.05, 3.63) is 47.5 Å². The molecule has 1 amide bonds. The molecular formula is C19H18ClFN4O3. The number of rotatable bonds is 7. The van der Waals surface area contributed by atoms with E-state index in [0.29, 0.717) is 39.7 Å². The number of fused-ring (bicyclic) bond motifs is 1. The predicted octanol–water partition coefficient (Wildman–Crippen LogP) is 3.88. The first kappa shape index (κ1) is 19.6. The zero-order chi connectivity index (χ0) is 20.1. The third kappa shape index (κ3) is 4.40. The van der Waals surface area contributed by atoms with Crippen LogP contribution in [0.3, 0.4) is 0 Å². The van der Waals surface area contributed by atoms with Gasteiger partial charge in [0.2, 0.25) is 5.91 Å². The van der Waals surface area contributed by atoms with Crippen LogP contribution < -0.4 is 20.1 Å². The summed E-state index contributed by atoms with van der Waals surface area (Å²) in [5.74, 6) is 0.360. The minimum absolute atomic E-state index is 0.0937. The SMILES string of the molecule is COc1cc2c(NCCC(=O)Nc3cc(Cl)ccc3OC)ncnc2cc1F. The van der Waals surface area contributed by atoms with E-state index in [-0.39, 0.29) is 18.1 Å². The normalized spacial score (nSPS) is 10.6. The number of carbonyl (C=O) groups excluding carboxylic acids is 1. The summed E-state index contributed by atoms with van der Waals surface area (Å²) in [5.41, 5.74) is 0.927. The van der Waals surface area contributed by atoms with E-state index < -0.39 is 5.82 Å². The van der Waals surface area contributed by atoms with E-state index in [1.165, 1.54) is 32.7 Å². The molecular weight excluding hydrogens is 387 g/mol. The van der Waals surface area contributed by atoms with Crippen LogP contribution in [0.1, 0.15) is 6.42 Å². The van der Waals surface area contributed by atoms with Gasteiger partial charge in [-0.15, -0.1) is 0 Å². The Labute approximate surface area is 165 Å². The smallest absolute Gasteiger partial charge is 0.226 e. The number of halogens is 2. The average molecular weight is 405 g/mol. The molecule has 28 heavy (non-hydrogen) atoms. The Kier molecular flexibility index (Phi) is 6.10. The molecule has 2 aromatic carbocycles. The first-order valence-corrected chi connectivity index (χ1v) is 8.75. The predicted molar refractivity (Wildman–Crippen MR) is 106 cm³/mol.